The molecular weight excluding hydrogens is 233 g/mol. The van der Waals surface area contributed by atoms with E-state index in [1.807, 2.05) is 23.9 Å². The van der Waals surface area contributed by atoms with Crippen molar-refractivity contribution in [2.24, 2.45) is 0 Å². The van der Waals surface area contributed by atoms with Crippen molar-refractivity contribution in [1.82, 2.24) is 19.6 Å². The molecule has 0 aliphatic rings. The second kappa shape index (κ2) is 5.66. The first kappa shape index (κ1) is 12.6. The van der Waals surface area contributed by atoms with Crippen molar-refractivity contribution in [3.8, 4) is 0 Å². The predicted molar refractivity (Wildman–Crippen MR) is 68.2 cm³/mol. The molecule has 2 aromatic rings. The van der Waals surface area contributed by atoms with Gasteiger partial charge in [-0.05, 0) is 19.9 Å². The molecule has 98 valence electrons. The topological polar surface area (TPSA) is 47.7 Å². The quantitative estimate of drug-likeness (QED) is 0.854. The lowest BCUT2D eigenvalue weighted by atomic mass is 10.3. The number of hydrogen-bond acceptors (Lipinski definition) is 3. The Balaban J connectivity index is 1.97. The van der Waals surface area contributed by atoms with Crippen LogP contribution in [0.5, 0.6) is 0 Å². The van der Waals surface area contributed by atoms with E-state index in [4.69, 9.17) is 0 Å². The van der Waals surface area contributed by atoms with E-state index in [0.717, 1.165) is 23.6 Å². The first-order chi connectivity index (χ1) is 8.74. The van der Waals surface area contributed by atoms with Crippen LogP contribution < -0.4 is 5.32 Å². The van der Waals surface area contributed by atoms with Gasteiger partial charge < -0.3 is 5.32 Å². The molecule has 0 aliphatic heterocycles. The monoisotopic (exact) mass is 251 g/mol. The first-order valence-corrected chi connectivity index (χ1v) is 6.09. The van der Waals surface area contributed by atoms with E-state index in [1.54, 1.807) is 10.9 Å². The fourth-order valence-electron chi connectivity index (χ4n) is 1.79. The molecule has 18 heavy (non-hydrogen) atoms. The highest BCUT2D eigenvalue weighted by molar-refractivity contribution is 5.45. The highest BCUT2D eigenvalue weighted by Crippen LogP contribution is 2.14. The van der Waals surface area contributed by atoms with Gasteiger partial charge >= 0.3 is 0 Å². The molecule has 2 heterocycles. The minimum Gasteiger partial charge on any atom is -0.377 e. The van der Waals surface area contributed by atoms with Crippen LogP contribution in [0, 0.1) is 6.92 Å². The van der Waals surface area contributed by atoms with Crippen LogP contribution in [0.3, 0.4) is 0 Å². The van der Waals surface area contributed by atoms with Crippen LogP contribution in [0.25, 0.3) is 0 Å². The molecule has 0 unspecified atom stereocenters. The maximum absolute atomic E-state index is 12.3. The standard InChI is InChI=1S/C12H18FN5/c1-3-17-6-4-11(16-17)8-14-12-9-15-18(7-5-13)10(12)2/h4,6,9,14H,3,5,7-8H2,1-2H3. The zero-order chi connectivity index (χ0) is 13.0. The highest BCUT2D eigenvalue weighted by Gasteiger charge is 2.06. The van der Waals surface area contributed by atoms with Gasteiger partial charge in [-0.25, -0.2) is 4.39 Å². The Morgan fingerprint density at radius 1 is 1.44 bits per heavy atom. The van der Waals surface area contributed by atoms with Gasteiger partial charge in [0.1, 0.15) is 6.67 Å². The van der Waals surface area contributed by atoms with Crippen LogP contribution in [0.4, 0.5) is 10.1 Å². The van der Waals surface area contributed by atoms with E-state index in [0.29, 0.717) is 13.1 Å². The Morgan fingerprint density at radius 3 is 2.94 bits per heavy atom. The summed E-state index contributed by atoms with van der Waals surface area (Å²) in [5, 5.41) is 11.8. The molecule has 0 spiro atoms. The highest BCUT2D eigenvalue weighted by atomic mass is 19.1. The Labute approximate surface area is 106 Å². The third-order valence-electron chi connectivity index (χ3n) is 2.88. The lowest BCUT2D eigenvalue weighted by Crippen LogP contribution is -2.06. The maximum Gasteiger partial charge on any atom is 0.109 e. The summed E-state index contributed by atoms with van der Waals surface area (Å²) in [7, 11) is 0. The normalized spacial score (nSPS) is 10.8. The van der Waals surface area contributed by atoms with Gasteiger partial charge in [-0.1, -0.05) is 0 Å². The molecular formula is C12H18FN5. The predicted octanol–water partition coefficient (Wildman–Crippen LogP) is 1.99. The van der Waals surface area contributed by atoms with Crippen LogP contribution in [0.15, 0.2) is 18.5 Å². The summed E-state index contributed by atoms with van der Waals surface area (Å²) < 4.78 is 15.8. The van der Waals surface area contributed by atoms with Crippen molar-refractivity contribution in [1.29, 1.82) is 0 Å². The van der Waals surface area contributed by atoms with E-state index in [1.165, 1.54) is 0 Å². The van der Waals surface area contributed by atoms with Gasteiger partial charge in [0, 0.05) is 12.7 Å². The third-order valence-corrected chi connectivity index (χ3v) is 2.88. The zero-order valence-corrected chi connectivity index (χ0v) is 10.7. The van der Waals surface area contributed by atoms with Crippen LogP contribution in [0.1, 0.15) is 18.3 Å². The first-order valence-electron chi connectivity index (χ1n) is 6.09. The van der Waals surface area contributed by atoms with Crippen LogP contribution in [-0.4, -0.2) is 26.2 Å². The summed E-state index contributed by atoms with van der Waals surface area (Å²) in [6, 6.07) is 1.98. The molecule has 0 aliphatic carbocycles. The average Bonchev–Trinajstić information content (AvgIpc) is 2.96. The molecule has 0 radical (unpaired) electrons. The summed E-state index contributed by atoms with van der Waals surface area (Å²) in [6.07, 6.45) is 3.68. The van der Waals surface area contributed by atoms with Crippen molar-refractivity contribution < 1.29 is 4.39 Å². The summed E-state index contributed by atoms with van der Waals surface area (Å²) in [5.41, 5.74) is 2.85. The van der Waals surface area contributed by atoms with Gasteiger partial charge in [-0.15, -0.1) is 0 Å². The van der Waals surface area contributed by atoms with E-state index >= 15 is 0 Å². The SMILES string of the molecule is CCn1ccc(CNc2cnn(CCF)c2C)n1. The lowest BCUT2D eigenvalue weighted by molar-refractivity contribution is 0.423. The molecule has 0 fully saturated rings. The van der Waals surface area contributed by atoms with E-state index in [9.17, 15) is 4.39 Å². The number of halogens is 1. The summed E-state index contributed by atoms with van der Waals surface area (Å²) in [4.78, 5) is 0. The number of aromatic nitrogens is 4. The Kier molecular flexibility index (Phi) is 3.96. The smallest absolute Gasteiger partial charge is 0.109 e. The molecule has 0 bridgehead atoms. The fourth-order valence-corrected chi connectivity index (χ4v) is 1.79. The van der Waals surface area contributed by atoms with Gasteiger partial charge in [0.25, 0.3) is 0 Å². The molecule has 2 rings (SSSR count). The molecule has 5 nitrogen and oxygen atoms in total. The summed E-state index contributed by atoms with van der Waals surface area (Å²) >= 11 is 0. The van der Waals surface area contributed by atoms with Gasteiger partial charge in [-0.3, -0.25) is 9.36 Å². The minimum atomic E-state index is -0.400. The number of nitrogens with one attached hydrogen (secondary N) is 1. The van der Waals surface area contributed by atoms with Gasteiger partial charge in [0.05, 0.1) is 36.4 Å². The lowest BCUT2D eigenvalue weighted by Gasteiger charge is -2.04. The molecule has 0 atom stereocenters. The second-order valence-corrected chi connectivity index (χ2v) is 4.07. The van der Waals surface area contributed by atoms with Gasteiger partial charge in [0.15, 0.2) is 0 Å². The number of rotatable bonds is 6. The second-order valence-electron chi connectivity index (χ2n) is 4.07. The van der Waals surface area contributed by atoms with Crippen molar-refractivity contribution in [2.45, 2.75) is 33.5 Å². The van der Waals surface area contributed by atoms with Crippen molar-refractivity contribution in [3.05, 3.63) is 29.8 Å². The zero-order valence-electron chi connectivity index (χ0n) is 10.7. The maximum atomic E-state index is 12.3. The van der Waals surface area contributed by atoms with Crippen LogP contribution >= 0.6 is 0 Å². The van der Waals surface area contributed by atoms with E-state index in [2.05, 4.69) is 22.4 Å². The van der Waals surface area contributed by atoms with Crippen LogP contribution in [0.2, 0.25) is 0 Å². The summed E-state index contributed by atoms with van der Waals surface area (Å²) in [6.45, 7) is 5.40. The molecule has 0 aromatic carbocycles. The molecule has 0 saturated heterocycles. The number of alkyl halides is 1. The minimum absolute atomic E-state index is 0.304. The molecule has 0 saturated carbocycles. The van der Waals surface area contributed by atoms with Crippen molar-refractivity contribution >= 4 is 5.69 Å². The van der Waals surface area contributed by atoms with Gasteiger partial charge in [0.2, 0.25) is 0 Å². The van der Waals surface area contributed by atoms with Gasteiger partial charge in [-0.2, -0.15) is 10.2 Å². The molecule has 1 N–H and O–H groups in total. The summed E-state index contributed by atoms with van der Waals surface area (Å²) in [5.74, 6) is 0. The van der Waals surface area contributed by atoms with E-state index < -0.39 is 6.67 Å². The van der Waals surface area contributed by atoms with Crippen LogP contribution in [-0.2, 0) is 19.6 Å². The third kappa shape index (κ3) is 2.69. The van der Waals surface area contributed by atoms with Crippen molar-refractivity contribution in [3.63, 3.8) is 0 Å². The number of hydrogen-bond donors (Lipinski definition) is 1. The fraction of sp³-hybridized carbons (Fsp3) is 0.500. The molecule has 6 heteroatoms. The number of anilines is 1. The molecule has 2 aromatic heterocycles. The Bertz CT molecular complexity index is 502. The average molecular weight is 251 g/mol. The van der Waals surface area contributed by atoms with Crippen molar-refractivity contribution in [2.75, 3.05) is 12.0 Å². The molecule has 0 amide bonds. The number of nitrogens with zero attached hydrogens (tertiary/aromatic N) is 4. The largest absolute Gasteiger partial charge is 0.377 e. The Morgan fingerprint density at radius 2 is 2.28 bits per heavy atom. The number of aryl methyl sites for hydroxylation is 2. The Hall–Kier alpha value is -1.85. The van der Waals surface area contributed by atoms with E-state index in [-0.39, 0.29) is 0 Å².